The van der Waals surface area contributed by atoms with Crippen LogP contribution in [0.2, 0.25) is 0 Å². The number of benzene rings is 2. The third-order valence-corrected chi connectivity index (χ3v) is 7.88. The van der Waals surface area contributed by atoms with Crippen molar-refractivity contribution in [1.82, 2.24) is 10.0 Å². The zero-order valence-electron chi connectivity index (χ0n) is 30.9. The number of hydrazone groups is 1. The Morgan fingerprint density at radius 3 is 2.04 bits per heavy atom. The summed E-state index contributed by atoms with van der Waals surface area (Å²) in [7, 11) is 0. The first-order chi connectivity index (χ1) is 25.3. The molecule has 1 atom stereocenters. The summed E-state index contributed by atoms with van der Waals surface area (Å²) >= 11 is 0. The number of hydrazine groups is 1. The van der Waals surface area contributed by atoms with E-state index in [1.54, 1.807) is 6.07 Å². The zero-order valence-corrected chi connectivity index (χ0v) is 30.9. The van der Waals surface area contributed by atoms with E-state index in [-0.39, 0.29) is 44.2 Å². The molecule has 0 radical (unpaired) electrons. The molecule has 53 heavy (non-hydrogen) atoms. The monoisotopic (exact) mass is 747 g/mol. The van der Waals surface area contributed by atoms with Crippen LogP contribution in [0.25, 0.3) is 11.1 Å². The largest absolute Gasteiger partial charge is 0.468 e. The summed E-state index contributed by atoms with van der Waals surface area (Å²) < 4.78 is 9.43. The summed E-state index contributed by atoms with van der Waals surface area (Å²) in [5, 5.41) is 22.6. The molecule has 294 valence electrons. The second-order valence-corrected chi connectivity index (χ2v) is 12.1. The fourth-order valence-corrected chi connectivity index (χ4v) is 4.67. The Morgan fingerprint density at radius 2 is 1.45 bits per heavy atom. The first kappa shape index (κ1) is 45.5. The third kappa shape index (κ3) is 19.0. The minimum absolute atomic E-state index is 0.0125. The molecule has 0 saturated heterocycles. The average molecular weight is 748 g/mol. The second kappa shape index (κ2) is 26.3. The van der Waals surface area contributed by atoms with Crippen molar-refractivity contribution < 1.29 is 43.7 Å². The minimum atomic E-state index is -0.880. The van der Waals surface area contributed by atoms with Gasteiger partial charge in [0.1, 0.15) is 0 Å². The lowest BCUT2D eigenvalue weighted by atomic mass is 9.97. The molecule has 0 heterocycles. The van der Waals surface area contributed by atoms with Crippen LogP contribution in [0.15, 0.2) is 53.6 Å². The molecule has 4 N–H and O–H groups in total. The van der Waals surface area contributed by atoms with E-state index in [1.807, 2.05) is 47.4 Å². The van der Waals surface area contributed by atoms with E-state index >= 15 is 0 Å². The molecule has 2 amide bonds. The lowest BCUT2D eigenvalue weighted by Gasteiger charge is -2.32. The topological polar surface area (TPSA) is 245 Å². The molecule has 0 fully saturated rings. The van der Waals surface area contributed by atoms with Crippen LogP contribution in [0, 0.1) is 26.1 Å². The predicted molar refractivity (Wildman–Crippen MR) is 195 cm³/mol. The first-order valence-corrected chi connectivity index (χ1v) is 17.5. The van der Waals surface area contributed by atoms with Gasteiger partial charge in [0.15, 0.2) is 5.84 Å². The number of nitrogens with zero attached hydrogens (tertiary/aromatic N) is 5. The second-order valence-electron chi connectivity index (χ2n) is 12.1. The van der Waals surface area contributed by atoms with E-state index in [4.69, 9.17) is 16.3 Å². The van der Waals surface area contributed by atoms with Crippen LogP contribution in [-0.4, -0.2) is 77.0 Å². The summed E-state index contributed by atoms with van der Waals surface area (Å²) in [6, 6.07) is 15.4. The van der Waals surface area contributed by atoms with Crippen LogP contribution in [0.3, 0.4) is 0 Å². The fraction of sp³-hybridized carbons (Fsp3) is 0.543. The molecule has 18 nitrogen and oxygen atoms in total. The number of amides is 2. The van der Waals surface area contributed by atoms with Crippen molar-refractivity contribution in [3.8, 4) is 11.1 Å². The molecule has 2 aromatic rings. The number of rotatable bonds is 24. The van der Waals surface area contributed by atoms with Gasteiger partial charge in [-0.25, -0.2) is 10.6 Å². The maximum Gasteiger partial charge on any atom is 0.445 e. The highest BCUT2D eigenvalue weighted by Gasteiger charge is 2.22. The van der Waals surface area contributed by atoms with Gasteiger partial charge in [0.05, 0.1) is 26.4 Å². The molecule has 18 heteroatoms. The Morgan fingerprint density at radius 1 is 0.868 bits per heavy atom. The van der Waals surface area contributed by atoms with Gasteiger partial charge < -0.3 is 29.8 Å². The maximum atomic E-state index is 13.0. The smallest absolute Gasteiger partial charge is 0.445 e. The van der Waals surface area contributed by atoms with Gasteiger partial charge in [0.25, 0.3) is 16.6 Å². The summed E-state index contributed by atoms with van der Waals surface area (Å²) in [5.41, 5.74) is 9.55. The third-order valence-electron chi connectivity index (χ3n) is 7.88. The highest BCUT2D eigenvalue weighted by molar-refractivity contribution is 6.03. The quantitative estimate of drug-likeness (QED) is 0.0201. The van der Waals surface area contributed by atoms with Crippen LogP contribution >= 0.6 is 0 Å². The SMILES string of the molecule is CCCCC(=O)N(Cc1ccc(-c2ccccc2/C(N)=N/N(N)C(=O)OCCCCCO[N+](=O)[O-])cc1)C(C)C(C)C.O=COCCCCO[N+](=O)[O-]. The number of carbonyl (C=O) groups excluding carboxylic acids is 3. The van der Waals surface area contributed by atoms with Gasteiger partial charge in [0.2, 0.25) is 5.91 Å². The number of unbranched alkanes of at least 4 members (excludes halogenated alkanes) is 4. The maximum absolute atomic E-state index is 13.0. The Labute approximate surface area is 309 Å². The molecule has 1 unspecified atom stereocenters. The Kier molecular flexibility index (Phi) is 22.6. The summed E-state index contributed by atoms with van der Waals surface area (Å²) in [6.07, 6.45) is 4.12. The number of amidine groups is 1. The molecule has 2 aromatic carbocycles. The van der Waals surface area contributed by atoms with Crippen molar-refractivity contribution in [2.24, 2.45) is 22.6 Å². The first-order valence-electron chi connectivity index (χ1n) is 17.5. The van der Waals surface area contributed by atoms with Crippen molar-refractivity contribution in [2.75, 3.05) is 26.4 Å². The van der Waals surface area contributed by atoms with Crippen molar-refractivity contribution in [1.29, 1.82) is 0 Å². The molecule has 2 rings (SSSR count). The van der Waals surface area contributed by atoms with Crippen molar-refractivity contribution >= 4 is 24.3 Å². The van der Waals surface area contributed by atoms with Crippen LogP contribution in [0.4, 0.5) is 4.79 Å². The Hall–Kier alpha value is -5.52. The fourth-order valence-electron chi connectivity index (χ4n) is 4.67. The van der Waals surface area contributed by atoms with Gasteiger partial charge in [-0.3, -0.25) is 9.59 Å². The predicted octanol–water partition coefficient (Wildman–Crippen LogP) is 5.38. The number of nitrogens with two attached hydrogens (primary N) is 2. The van der Waals surface area contributed by atoms with Gasteiger partial charge in [0, 0.05) is 24.6 Å². The van der Waals surface area contributed by atoms with Gasteiger partial charge in [-0.1, -0.05) is 75.7 Å². The number of carbonyl (C=O) groups is 3. The van der Waals surface area contributed by atoms with E-state index in [2.05, 4.69) is 47.2 Å². The molecule has 0 aliphatic heterocycles. The van der Waals surface area contributed by atoms with Crippen molar-refractivity contribution in [3.63, 3.8) is 0 Å². The average Bonchev–Trinajstić information content (AvgIpc) is 3.13. The molecule has 0 aliphatic rings. The van der Waals surface area contributed by atoms with Gasteiger partial charge in [-0.15, -0.1) is 30.4 Å². The van der Waals surface area contributed by atoms with E-state index < -0.39 is 16.3 Å². The molecular formula is C35H53N7O11. The summed E-state index contributed by atoms with van der Waals surface area (Å²) in [6.45, 7) is 9.69. The molecule has 0 aliphatic carbocycles. The van der Waals surface area contributed by atoms with Gasteiger partial charge >= 0.3 is 6.09 Å². The minimum Gasteiger partial charge on any atom is -0.468 e. The lowest BCUT2D eigenvalue weighted by Crippen LogP contribution is -2.40. The number of hydrogen-bond acceptors (Lipinski definition) is 13. The van der Waals surface area contributed by atoms with Gasteiger partial charge in [-0.2, -0.15) is 0 Å². The number of ether oxygens (including phenoxy) is 2. The zero-order chi connectivity index (χ0) is 39.6. The summed E-state index contributed by atoms with van der Waals surface area (Å²) in [4.78, 5) is 64.7. The molecule has 0 aromatic heterocycles. The van der Waals surface area contributed by atoms with Crippen LogP contribution < -0.4 is 11.6 Å². The highest BCUT2D eigenvalue weighted by Crippen LogP contribution is 2.25. The van der Waals surface area contributed by atoms with Crippen LogP contribution in [0.1, 0.15) is 90.2 Å². The van der Waals surface area contributed by atoms with E-state index in [0.717, 1.165) is 29.5 Å². The number of hydrogen-bond donors (Lipinski definition) is 2. The molecular weight excluding hydrogens is 694 g/mol. The molecule has 0 saturated carbocycles. The Bertz CT molecular complexity index is 1440. The van der Waals surface area contributed by atoms with Crippen LogP contribution in [-0.2, 0) is 35.3 Å². The van der Waals surface area contributed by atoms with Gasteiger partial charge in [-0.05, 0) is 68.1 Å². The molecule has 0 bridgehead atoms. The Balaban J connectivity index is 0.00000110. The van der Waals surface area contributed by atoms with Crippen molar-refractivity contribution in [3.05, 3.63) is 79.9 Å². The van der Waals surface area contributed by atoms with Crippen molar-refractivity contribution in [2.45, 2.75) is 91.6 Å². The normalized spacial score (nSPS) is 11.4. The summed E-state index contributed by atoms with van der Waals surface area (Å²) in [5.74, 6) is 6.31. The molecule has 0 spiro atoms. The van der Waals surface area contributed by atoms with E-state index in [9.17, 15) is 34.6 Å². The van der Waals surface area contributed by atoms with E-state index in [1.165, 1.54) is 0 Å². The highest BCUT2D eigenvalue weighted by atomic mass is 17.0. The lowest BCUT2D eigenvalue weighted by molar-refractivity contribution is -0.757. The van der Waals surface area contributed by atoms with Crippen LogP contribution in [0.5, 0.6) is 0 Å². The van der Waals surface area contributed by atoms with E-state index in [0.29, 0.717) is 68.1 Å². The standard InChI is InChI=1S/C30H44N6O6.C5H9NO5/c1-5-6-14-28(37)34(23(4)22(2)3)21-24-15-17-25(18-16-24)26-12-8-9-13-27(26)29(31)33-35(32)30(38)41-19-10-7-11-20-42-36(39)40;7-5-10-3-1-2-4-11-6(8)9/h8-9,12-13,15-18,22-23H,5-7,10-11,14,19-21,32H2,1-4H3,(H2,31,33);5H,1-4H2.